The smallest absolute Gasteiger partial charge is 0.141 e. The number of nitrogens with zero attached hydrogens (tertiary/aromatic N) is 2. The lowest BCUT2D eigenvalue weighted by molar-refractivity contribution is 0.278. The second-order valence-corrected chi connectivity index (χ2v) is 5.75. The molecule has 5 heteroatoms. The Hall–Kier alpha value is -1.55. The molecule has 0 unspecified atom stereocenters. The van der Waals surface area contributed by atoms with Crippen molar-refractivity contribution >= 4 is 34.2 Å². The summed E-state index contributed by atoms with van der Waals surface area (Å²) in [5.74, 6) is 0.807. The molecule has 1 aromatic heterocycles. The number of imidazole rings is 1. The van der Waals surface area contributed by atoms with Crippen LogP contribution in [-0.4, -0.2) is 21.3 Å². The zero-order valence-electron chi connectivity index (χ0n) is 11.5. The summed E-state index contributed by atoms with van der Waals surface area (Å²) in [5.41, 5.74) is 3.81. The number of aliphatic hydroxyl groups excluding tert-OH is 1. The van der Waals surface area contributed by atoms with E-state index in [-0.39, 0.29) is 6.61 Å². The highest BCUT2D eigenvalue weighted by molar-refractivity contribution is 6.42. The lowest BCUT2D eigenvalue weighted by atomic mass is 10.1. The van der Waals surface area contributed by atoms with Gasteiger partial charge in [-0.1, -0.05) is 47.0 Å². The third-order valence-corrected chi connectivity index (χ3v) is 4.11. The molecular weight excluding hydrogens is 307 g/mol. The van der Waals surface area contributed by atoms with Crippen LogP contribution in [0.5, 0.6) is 0 Å². The van der Waals surface area contributed by atoms with E-state index in [0.29, 0.717) is 16.6 Å². The van der Waals surface area contributed by atoms with Crippen molar-refractivity contribution in [3.8, 4) is 11.4 Å². The maximum absolute atomic E-state index is 9.34. The van der Waals surface area contributed by atoms with Gasteiger partial charge in [-0.25, -0.2) is 4.98 Å². The Morgan fingerprint density at radius 3 is 2.62 bits per heavy atom. The van der Waals surface area contributed by atoms with Gasteiger partial charge in [0.1, 0.15) is 5.82 Å². The molecule has 0 saturated heterocycles. The number of benzene rings is 2. The summed E-state index contributed by atoms with van der Waals surface area (Å²) in [7, 11) is 0. The molecule has 0 fully saturated rings. The Labute approximate surface area is 132 Å². The number of fused-ring (bicyclic) bond motifs is 1. The van der Waals surface area contributed by atoms with Crippen molar-refractivity contribution in [2.75, 3.05) is 6.61 Å². The molecule has 0 saturated carbocycles. The van der Waals surface area contributed by atoms with Crippen molar-refractivity contribution in [3.05, 3.63) is 52.0 Å². The standard InChI is InChI=1S/C16H14Cl2N2O/c1-10-3-2-4-11(7-10)16-19-14-8-12(17)13(18)9-15(14)20(16)5-6-21/h2-4,7-9,21H,5-6H2,1H3. The van der Waals surface area contributed by atoms with Crippen molar-refractivity contribution in [1.29, 1.82) is 0 Å². The summed E-state index contributed by atoms with van der Waals surface area (Å²) >= 11 is 12.2. The van der Waals surface area contributed by atoms with Crippen molar-refractivity contribution < 1.29 is 5.11 Å². The maximum Gasteiger partial charge on any atom is 0.141 e. The highest BCUT2D eigenvalue weighted by Crippen LogP contribution is 2.31. The third-order valence-electron chi connectivity index (χ3n) is 3.39. The van der Waals surface area contributed by atoms with E-state index in [1.165, 1.54) is 0 Å². The number of hydrogen-bond acceptors (Lipinski definition) is 2. The monoisotopic (exact) mass is 320 g/mol. The highest BCUT2D eigenvalue weighted by atomic mass is 35.5. The zero-order chi connectivity index (χ0) is 15.0. The van der Waals surface area contributed by atoms with Crippen LogP contribution in [0, 0.1) is 6.92 Å². The van der Waals surface area contributed by atoms with Crippen molar-refractivity contribution in [1.82, 2.24) is 9.55 Å². The summed E-state index contributed by atoms with van der Waals surface area (Å²) in [6.45, 7) is 2.53. The van der Waals surface area contributed by atoms with Gasteiger partial charge in [0.2, 0.25) is 0 Å². The minimum Gasteiger partial charge on any atom is -0.395 e. The molecule has 0 bridgehead atoms. The van der Waals surface area contributed by atoms with Gasteiger partial charge < -0.3 is 9.67 Å². The molecule has 0 aliphatic carbocycles. The van der Waals surface area contributed by atoms with Crippen LogP contribution in [0.15, 0.2) is 36.4 Å². The van der Waals surface area contributed by atoms with Crippen LogP contribution in [0.4, 0.5) is 0 Å². The zero-order valence-corrected chi connectivity index (χ0v) is 13.0. The van der Waals surface area contributed by atoms with Gasteiger partial charge in [-0.05, 0) is 25.1 Å². The highest BCUT2D eigenvalue weighted by Gasteiger charge is 2.14. The third kappa shape index (κ3) is 2.64. The second-order valence-electron chi connectivity index (χ2n) is 4.94. The van der Waals surface area contributed by atoms with E-state index in [1.54, 1.807) is 12.1 Å². The van der Waals surface area contributed by atoms with E-state index < -0.39 is 0 Å². The number of hydrogen-bond donors (Lipinski definition) is 1. The minimum absolute atomic E-state index is 0.0323. The Morgan fingerprint density at radius 2 is 1.90 bits per heavy atom. The summed E-state index contributed by atoms with van der Waals surface area (Å²) in [6, 6.07) is 11.7. The average Bonchev–Trinajstić information content (AvgIpc) is 2.78. The number of rotatable bonds is 3. The van der Waals surface area contributed by atoms with Crippen molar-refractivity contribution in [2.24, 2.45) is 0 Å². The molecule has 0 aliphatic heterocycles. The first-order valence-electron chi connectivity index (χ1n) is 6.63. The summed E-state index contributed by atoms with van der Waals surface area (Å²) < 4.78 is 1.96. The minimum atomic E-state index is 0.0323. The molecule has 0 spiro atoms. The van der Waals surface area contributed by atoms with Gasteiger partial charge in [0.15, 0.2) is 0 Å². The van der Waals surface area contributed by atoms with Crippen LogP contribution in [0.3, 0.4) is 0 Å². The Kier molecular flexibility index (Phi) is 3.89. The topological polar surface area (TPSA) is 38.0 Å². The fourth-order valence-corrected chi connectivity index (χ4v) is 2.77. The van der Waals surface area contributed by atoms with Gasteiger partial charge in [0, 0.05) is 12.1 Å². The lowest BCUT2D eigenvalue weighted by Crippen LogP contribution is -2.04. The predicted molar refractivity (Wildman–Crippen MR) is 87.0 cm³/mol. The molecule has 1 N–H and O–H groups in total. The SMILES string of the molecule is Cc1cccc(-c2nc3cc(Cl)c(Cl)cc3n2CCO)c1. The fourth-order valence-electron chi connectivity index (χ4n) is 2.45. The maximum atomic E-state index is 9.34. The first-order chi connectivity index (χ1) is 10.1. The van der Waals surface area contributed by atoms with Crippen LogP contribution in [0.25, 0.3) is 22.4 Å². The molecule has 3 aromatic rings. The van der Waals surface area contributed by atoms with E-state index in [4.69, 9.17) is 23.2 Å². The van der Waals surface area contributed by atoms with Crippen LogP contribution in [-0.2, 0) is 6.54 Å². The first kappa shape index (κ1) is 14.4. The van der Waals surface area contributed by atoms with E-state index in [0.717, 1.165) is 28.0 Å². The van der Waals surface area contributed by atoms with Gasteiger partial charge in [-0.15, -0.1) is 0 Å². The van der Waals surface area contributed by atoms with Crippen LogP contribution < -0.4 is 0 Å². The molecular formula is C16H14Cl2N2O. The van der Waals surface area contributed by atoms with E-state index in [9.17, 15) is 5.11 Å². The first-order valence-corrected chi connectivity index (χ1v) is 7.39. The number of halogens is 2. The molecule has 21 heavy (non-hydrogen) atoms. The number of aliphatic hydroxyl groups is 1. The van der Waals surface area contributed by atoms with E-state index in [2.05, 4.69) is 11.1 Å². The van der Waals surface area contributed by atoms with Crippen LogP contribution >= 0.6 is 23.2 Å². The van der Waals surface area contributed by atoms with E-state index in [1.807, 2.05) is 29.7 Å². The quantitative estimate of drug-likeness (QED) is 0.780. The Morgan fingerprint density at radius 1 is 1.14 bits per heavy atom. The molecule has 0 atom stereocenters. The molecule has 0 radical (unpaired) electrons. The number of aromatic nitrogens is 2. The van der Waals surface area contributed by atoms with Gasteiger partial charge >= 0.3 is 0 Å². The van der Waals surface area contributed by atoms with Crippen molar-refractivity contribution in [3.63, 3.8) is 0 Å². The van der Waals surface area contributed by atoms with Gasteiger partial charge in [-0.2, -0.15) is 0 Å². The summed E-state index contributed by atoms with van der Waals surface area (Å²) in [4.78, 5) is 4.65. The van der Waals surface area contributed by atoms with Gasteiger partial charge in [-0.3, -0.25) is 0 Å². The Balaban J connectivity index is 2.28. The summed E-state index contributed by atoms with van der Waals surface area (Å²) in [6.07, 6.45) is 0. The van der Waals surface area contributed by atoms with Gasteiger partial charge in [0.05, 0.1) is 27.7 Å². The van der Waals surface area contributed by atoms with Crippen molar-refractivity contribution in [2.45, 2.75) is 13.5 Å². The molecule has 2 aromatic carbocycles. The van der Waals surface area contributed by atoms with Crippen LogP contribution in [0.1, 0.15) is 5.56 Å². The summed E-state index contributed by atoms with van der Waals surface area (Å²) in [5, 5.41) is 10.3. The molecule has 3 nitrogen and oxygen atoms in total. The largest absolute Gasteiger partial charge is 0.395 e. The fraction of sp³-hybridized carbons (Fsp3) is 0.188. The molecule has 3 rings (SSSR count). The van der Waals surface area contributed by atoms with Crippen LogP contribution in [0.2, 0.25) is 10.0 Å². The molecule has 0 amide bonds. The number of aryl methyl sites for hydroxylation is 1. The van der Waals surface area contributed by atoms with Gasteiger partial charge in [0.25, 0.3) is 0 Å². The van der Waals surface area contributed by atoms with E-state index >= 15 is 0 Å². The lowest BCUT2D eigenvalue weighted by Gasteiger charge is -2.08. The second kappa shape index (κ2) is 5.68. The predicted octanol–water partition coefficient (Wildman–Crippen LogP) is 4.31. The normalized spacial score (nSPS) is 11.2. The molecule has 108 valence electrons. The average molecular weight is 321 g/mol. The Bertz CT molecular complexity index is 811. The molecule has 1 heterocycles. The molecule has 0 aliphatic rings.